The molecule has 114 valence electrons. The van der Waals surface area contributed by atoms with E-state index in [4.69, 9.17) is 0 Å². The van der Waals surface area contributed by atoms with Crippen molar-refractivity contribution in [3.63, 3.8) is 0 Å². The monoisotopic (exact) mass is 309 g/mol. The lowest BCUT2D eigenvalue weighted by atomic mass is 10.2. The largest absolute Gasteiger partial charge is 0.391 e. The van der Waals surface area contributed by atoms with E-state index < -0.39 is 16.1 Å². The van der Waals surface area contributed by atoms with Crippen molar-refractivity contribution in [2.45, 2.75) is 24.3 Å². The van der Waals surface area contributed by atoms with Gasteiger partial charge in [-0.3, -0.25) is 8.99 Å². The minimum absolute atomic E-state index is 0.0116. The molecule has 0 aliphatic carbocycles. The van der Waals surface area contributed by atoms with Gasteiger partial charge in [-0.25, -0.2) is 8.42 Å². The van der Waals surface area contributed by atoms with Crippen LogP contribution in [0.4, 0.5) is 5.69 Å². The number of para-hydroxylation sites is 1. The minimum Gasteiger partial charge on any atom is -0.391 e. The van der Waals surface area contributed by atoms with Crippen LogP contribution in [0, 0.1) is 0 Å². The number of hydrogen-bond donors (Lipinski definition) is 1. The van der Waals surface area contributed by atoms with Gasteiger partial charge in [0.05, 0.1) is 24.5 Å². The Labute approximate surface area is 124 Å². The Morgan fingerprint density at radius 3 is 2.52 bits per heavy atom. The van der Waals surface area contributed by atoms with E-state index in [0.29, 0.717) is 12.1 Å². The zero-order valence-electron chi connectivity index (χ0n) is 12.0. The third-order valence-electron chi connectivity index (χ3n) is 3.16. The molecule has 2 rings (SSSR count). The number of aryl methyl sites for hydroxylation is 1. The number of nitrogens with zero attached hydrogens (tertiary/aromatic N) is 3. The van der Waals surface area contributed by atoms with Crippen LogP contribution in [0.2, 0.25) is 0 Å². The fourth-order valence-electron chi connectivity index (χ4n) is 1.92. The van der Waals surface area contributed by atoms with E-state index in [1.807, 2.05) is 13.0 Å². The van der Waals surface area contributed by atoms with Crippen molar-refractivity contribution < 1.29 is 13.5 Å². The van der Waals surface area contributed by atoms with Gasteiger partial charge in [0.2, 0.25) is 0 Å². The number of hydrogen-bond acceptors (Lipinski definition) is 4. The normalized spacial score (nSPS) is 13.1. The Morgan fingerprint density at radius 2 is 2.00 bits per heavy atom. The van der Waals surface area contributed by atoms with Gasteiger partial charge in [0, 0.05) is 13.2 Å². The molecule has 0 radical (unpaired) electrons. The predicted molar refractivity (Wildman–Crippen MR) is 80.5 cm³/mol. The summed E-state index contributed by atoms with van der Waals surface area (Å²) in [6.07, 6.45) is 2.51. The van der Waals surface area contributed by atoms with Gasteiger partial charge in [-0.2, -0.15) is 5.10 Å². The summed E-state index contributed by atoms with van der Waals surface area (Å²) in [6.45, 7) is 1.82. The van der Waals surface area contributed by atoms with Crippen LogP contribution < -0.4 is 4.31 Å². The van der Waals surface area contributed by atoms with Gasteiger partial charge in [-0.15, -0.1) is 0 Å². The molecule has 0 fully saturated rings. The summed E-state index contributed by atoms with van der Waals surface area (Å²) in [6, 6.07) is 8.75. The molecule has 0 saturated heterocycles. The molecule has 0 spiro atoms. The van der Waals surface area contributed by atoms with Gasteiger partial charge in [-0.1, -0.05) is 25.1 Å². The van der Waals surface area contributed by atoms with Gasteiger partial charge in [0.25, 0.3) is 10.0 Å². The van der Waals surface area contributed by atoms with Crippen molar-refractivity contribution in [2.24, 2.45) is 7.05 Å². The number of aliphatic hydroxyl groups is 1. The third kappa shape index (κ3) is 3.43. The highest BCUT2D eigenvalue weighted by atomic mass is 32.2. The lowest BCUT2D eigenvalue weighted by Crippen LogP contribution is -2.37. The number of benzene rings is 1. The van der Waals surface area contributed by atoms with Crippen molar-refractivity contribution in [3.05, 3.63) is 42.7 Å². The SMILES string of the molecule is CC[C@H](O)CN(c1ccccc1)S(=O)(=O)c1cnn(C)c1. The van der Waals surface area contributed by atoms with Crippen molar-refractivity contribution in [1.82, 2.24) is 9.78 Å². The fourth-order valence-corrected chi connectivity index (χ4v) is 3.40. The maximum Gasteiger partial charge on any atom is 0.267 e. The number of anilines is 1. The first kappa shape index (κ1) is 15.5. The number of rotatable bonds is 6. The molecule has 0 saturated carbocycles. The van der Waals surface area contributed by atoms with Crippen LogP contribution in [0.1, 0.15) is 13.3 Å². The van der Waals surface area contributed by atoms with E-state index in [1.54, 1.807) is 31.3 Å². The van der Waals surface area contributed by atoms with Gasteiger partial charge in [-0.05, 0) is 18.6 Å². The van der Waals surface area contributed by atoms with Crippen LogP contribution in [0.5, 0.6) is 0 Å². The summed E-state index contributed by atoms with van der Waals surface area (Å²) < 4.78 is 28.2. The Kier molecular flexibility index (Phi) is 4.64. The Bertz CT molecular complexity index is 682. The maximum atomic E-state index is 12.8. The van der Waals surface area contributed by atoms with E-state index in [-0.39, 0.29) is 11.4 Å². The summed E-state index contributed by atoms with van der Waals surface area (Å²) >= 11 is 0. The molecule has 6 nitrogen and oxygen atoms in total. The standard InChI is InChI=1S/C14H19N3O3S/c1-3-13(18)10-17(12-7-5-4-6-8-12)21(19,20)14-9-15-16(2)11-14/h4-9,11,13,18H,3,10H2,1-2H3/t13-/m0/s1. The van der Waals surface area contributed by atoms with Crippen LogP contribution in [-0.4, -0.2) is 36.0 Å². The van der Waals surface area contributed by atoms with E-state index in [2.05, 4.69) is 5.10 Å². The van der Waals surface area contributed by atoms with Gasteiger partial charge >= 0.3 is 0 Å². The van der Waals surface area contributed by atoms with E-state index in [0.717, 1.165) is 0 Å². The lowest BCUT2D eigenvalue weighted by Gasteiger charge is -2.25. The molecule has 0 amide bonds. The van der Waals surface area contributed by atoms with Crippen molar-refractivity contribution in [1.29, 1.82) is 0 Å². The quantitative estimate of drug-likeness (QED) is 0.875. The molecule has 1 N–H and O–H groups in total. The second-order valence-electron chi connectivity index (χ2n) is 4.78. The maximum absolute atomic E-state index is 12.8. The first-order chi connectivity index (χ1) is 9.95. The molecule has 0 unspecified atom stereocenters. The molecule has 7 heteroatoms. The Morgan fingerprint density at radius 1 is 1.33 bits per heavy atom. The highest BCUT2D eigenvalue weighted by molar-refractivity contribution is 7.92. The van der Waals surface area contributed by atoms with E-state index in [9.17, 15) is 13.5 Å². The molecule has 0 aliphatic heterocycles. The summed E-state index contributed by atoms with van der Waals surface area (Å²) in [5, 5.41) is 13.8. The third-order valence-corrected chi connectivity index (χ3v) is 4.91. The van der Waals surface area contributed by atoms with Gasteiger partial charge in [0.15, 0.2) is 0 Å². The summed E-state index contributed by atoms with van der Waals surface area (Å²) in [7, 11) is -2.09. The highest BCUT2D eigenvalue weighted by Gasteiger charge is 2.27. The highest BCUT2D eigenvalue weighted by Crippen LogP contribution is 2.23. The van der Waals surface area contributed by atoms with Crippen molar-refractivity contribution in [2.75, 3.05) is 10.8 Å². The second kappa shape index (κ2) is 6.28. The molecule has 0 bridgehead atoms. The Balaban J connectivity index is 2.44. The molecule has 1 aromatic heterocycles. The van der Waals surface area contributed by atoms with Crippen LogP contribution in [0.25, 0.3) is 0 Å². The summed E-state index contributed by atoms with van der Waals surface area (Å²) in [4.78, 5) is 0.108. The fraction of sp³-hybridized carbons (Fsp3) is 0.357. The average molecular weight is 309 g/mol. The second-order valence-corrected chi connectivity index (χ2v) is 6.65. The van der Waals surface area contributed by atoms with E-state index >= 15 is 0 Å². The molecule has 21 heavy (non-hydrogen) atoms. The zero-order chi connectivity index (χ0) is 15.5. The molecule has 1 heterocycles. The van der Waals surface area contributed by atoms with Crippen molar-refractivity contribution in [3.8, 4) is 0 Å². The molecule has 1 atom stereocenters. The van der Waals surface area contributed by atoms with Gasteiger partial charge in [0.1, 0.15) is 4.90 Å². The molecular formula is C14H19N3O3S. The van der Waals surface area contributed by atoms with Crippen LogP contribution in [0.15, 0.2) is 47.6 Å². The van der Waals surface area contributed by atoms with Crippen LogP contribution in [-0.2, 0) is 17.1 Å². The summed E-state index contributed by atoms with van der Waals surface area (Å²) in [5.74, 6) is 0. The summed E-state index contributed by atoms with van der Waals surface area (Å²) in [5.41, 5.74) is 0.522. The number of sulfonamides is 1. The Hall–Kier alpha value is -1.86. The number of aliphatic hydroxyl groups excluding tert-OH is 1. The van der Waals surface area contributed by atoms with Crippen molar-refractivity contribution >= 4 is 15.7 Å². The van der Waals surface area contributed by atoms with E-state index in [1.165, 1.54) is 21.4 Å². The first-order valence-corrected chi connectivity index (χ1v) is 8.13. The van der Waals surface area contributed by atoms with Gasteiger partial charge < -0.3 is 5.11 Å². The average Bonchev–Trinajstić information content (AvgIpc) is 2.92. The molecule has 1 aromatic carbocycles. The van der Waals surface area contributed by atoms with Crippen LogP contribution >= 0.6 is 0 Å². The first-order valence-electron chi connectivity index (χ1n) is 6.69. The lowest BCUT2D eigenvalue weighted by molar-refractivity contribution is 0.179. The predicted octanol–water partition coefficient (Wildman–Crippen LogP) is 1.39. The number of aromatic nitrogens is 2. The smallest absolute Gasteiger partial charge is 0.267 e. The zero-order valence-corrected chi connectivity index (χ0v) is 12.9. The molecular weight excluding hydrogens is 290 g/mol. The van der Waals surface area contributed by atoms with Crippen LogP contribution in [0.3, 0.4) is 0 Å². The topological polar surface area (TPSA) is 75.4 Å². The molecule has 0 aliphatic rings. The molecule has 2 aromatic rings. The minimum atomic E-state index is -3.75.